The molecule has 1 aliphatic heterocycles. The second-order valence-electron chi connectivity index (χ2n) is 8.73. The normalized spacial score (nSPS) is 21.2. The molecule has 0 saturated heterocycles. The number of allylic oxidation sites excluding steroid dienone is 1. The highest BCUT2D eigenvalue weighted by Crippen LogP contribution is 2.43. The van der Waals surface area contributed by atoms with Gasteiger partial charge >= 0.3 is 11.9 Å². The SMILES string of the molecule is CCOC(=O)C1=C(C)NC(C)C(C(=O)OCC)(c2ccccc2)C1Nc1nccs1.Oc1ccc2cc1-2. The lowest BCUT2D eigenvalue weighted by atomic mass is 9.64. The van der Waals surface area contributed by atoms with Crippen LogP contribution in [-0.4, -0.2) is 47.3 Å². The second-order valence-corrected chi connectivity index (χ2v) is 9.62. The minimum absolute atomic E-state index is 0.224. The Labute approximate surface area is 220 Å². The number of hydrogen-bond acceptors (Lipinski definition) is 9. The zero-order valence-electron chi connectivity index (χ0n) is 21.3. The molecule has 8 nitrogen and oxygen atoms in total. The van der Waals surface area contributed by atoms with E-state index in [9.17, 15) is 9.59 Å². The fourth-order valence-electron chi connectivity index (χ4n) is 4.83. The molecule has 2 heterocycles. The van der Waals surface area contributed by atoms with E-state index in [2.05, 4.69) is 15.6 Å². The molecular weight excluding hydrogens is 490 g/mol. The number of benzene rings is 2. The molecule has 2 aromatic rings. The summed E-state index contributed by atoms with van der Waals surface area (Å²) in [6, 6.07) is 13.9. The highest BCUT2D eigenvalue weighted by atomic mass is 32.1. The van der Waals surface area contributed by atoms with Gasteiger partial charge < -0.3 is 25.2 Å². The van der Waals surface area contributed by atoms with Crippen LogP contribution in [0.3, 0.4) is 0 Å². The number of nitrogens with zero attached hydrogens (tertiary/aromatic N) is 1. The van der Waals surface area contributed by atoms with Crippen molar-refractivity contribution in [1.29, 1.82) is 0 Å². The number of hydrogen-bond donors (Lipinski definition) is 3. The van der Waals surface area contributed by atoms with E-state index in [1.165, 1.54) is 16.9 Å². The van der Waals surface area contributed by atoms with Crippen molar-refractivity contribution in [1.82, 2.24) is 10.3 Å². The third kappa shape index (κ3) is 5.04. The Bertz CT molecular complexity index is 1290. The van der Waals surface area contributed by atoms with Crippen molar-refractivity contribution in [3.63, 3.8) is 0 Å². The van der Waals surface area contributed by atoms with Gasteiger partial charge in [-0.1, -0.05) is 36.4 Å². The van der Waals surface area contributed by atoms with Crippen LogP contribution in [0.4, 0.5) is 5.13 Å². The zero-order chi connectivity index (χ0) is 26.6. The number of carbonyl (C=O) groups excluding carboxylic acids is 2. The Balaban J connectivity index is 0.000000387. The van der Waals surface area contributed by atoms with Gasteiger partial charge in [-0.05, 0) is 51.0 Å². The van der Waals surface area contributed by atoms with Crippen LogP contribution in [0.2, 0.25) is 0 Å². The molecule has 194 valence electrons. The van der Waals surface area contributed by atoms with E-state index in [-0.39, 0.29) is 19.3 Å². The van der Waals surface area contributed by atoms with Crippen molar-refractivity contribution < 1.29 is 24.2 Å². The molecule has 0 amide bonds. The highest BCUT2D eigenvalue weighted by Gasteiger charge is 2.58. The van der Waals surface area contributed by atoms with Crippen LogP contribution < -0.4 is 10.6 Å². The van der Waals surface area contributed by atoms with Crippen LogP contribution in [0.1, 0.15) is 33.3 Å². The first-order chi connectivity index (χ1) is 17.8. The largest absolute Gasteiger partial charge is 0.507 e. The van der Waals surface area contributed by atoms with Crippen LogP contribution in [0, 0.1) is 0 Å². The molecule has 2 aliphatic carbocycles. The van der Waals surface area contributed by atoms with Gasteiger partial charge in [0.05, 0.1) is 24.8 Å². The van der Waals surface area contributed by atoms with E-state index >= 15 is 0 Å². The molecular formula is C28H31N3O5S. The van der Waals surface area contributed by atoms with Gasteiger partial charge in [0, 0.05) is 28.9 Å². The van der Waals surface area contributed by atoms with Crippen molar-refractivity contribution in [2.24, 2.45) is 0 Å². The predicted octanol–water partition coefficient (Wildman–Crippen LogP) is 4.63. The lowest BCUT2D eigenvalue weighted by molar-refractivity contribution is -0.152. The number of rotatable bonds is 7. The highest BCUT2D eigenvalue weighted by molar-refractivity contribution is 7.13. The first-order valence-electron chi connectivity index (χ1n) is 12.2. The number of aromatic nitrogens is 1. The summed E-state index contributed by atoms with van der Waals surface area (Å²) in [5, 5.41) is 17.9. The molecule has 37 heavy (non-hydrogen) atoms. The van der Waals surface area contributed by atoms with Crippen LogP contribution in [0.15, 0.2) is 71.4 Å². The van der Waals surface area contributed by atoms with Gasteiger partial charge in [-0.2, -0.15) is 0 Å². The fourth-order valence-corrected chi connectivity index (χ4v) is 5.38. The third-order valence-electron chi connectivity index (χ3n) is 6.55. The first-order valence-corrected chi connectivity index (χ1v) is 13.1. The number of nitrogens with one attached hydrogen (secondary N) is 2. The maximum atomic E-state index is 13.6. The molecule has 5 rings (SSSR count). The second kappa shape index (κ2) is 11.0. The van der Waals surface area contributed by atoms with Gasteiger partial charge in [0.25, 0.3) is 0 Å². The van der Waals surface area contributed by atoms with E-state index in [0.717, 1.165) is 11.1 Å². The number of phenols is 1. The quantitative estimate of drug-likeness (QED) is 0.302. The van der Waals surface area contributed by atoms with E-state index in [1.807, 2.05) is 61.7 Å². The van der Waals surface area contributed by atoms with E-state index in [1.54, 1.807) is 26.1 Å². The monoisotopic (exact) mass is 521 g/mol. The van der Waals surface area contributed by atoms with Gasteiger partial charge in [0.2, 0.25) is 0 Å². The van der Waals surface area contributed by atoms with Crippen LogP contribution >= 0.6 is 11.3 Å². The number of phenolic OH excluding ortho intramolecular Hbond substituents is 1. The van der Waals surface area contributed by atoms with Crippen LogP contribution in [0.5, 0.6) is 5.75 Å². The Morgan fingerprint density at radius 3 is 2.38 bits per heavy atom. The van der Waals surface area contributed by atoms with Crippen LogP contribution in [0.25, 0.3) is 11.1 Å². The van der Waals surface area contributed by atoms with Crippen LogP contribution in [-0.2, 0) is 24.5 Å². The molecule has 3 N–H and O–H groups in total. The van der Waals surface area contributed by atoms with E-state index in [4.69, 9.17) is 14.6 Å². The summed E-state index contributed by atoms with van der Waals surface area (Å²) in [6.07, 6.45) is 1.67. The summed E-state index contributed by atoms with van der Waals surface area (Å²) in [4.78, 5) is 31.0. The average Bonchev–Trinajstić information content (AvgIpc) is 3.31. The summed E-state index contributed by atoms with van der Waals surface area (Å²) in [6.45, 7) is 7.72. The first kappa shape index (κ1) is 26.2. The maximum Gasteiger partial charge on any atom is 0.337 e. The molecule has 3 unspecified atom stereocenters. The van der Waals surface area contributed by atoms with Gasteiger partial charge in [-0.3, -0.25) is 4.79 Å². The molecule has 0 saturated carbocycles. The van der Waals surface area contributed by atoms with E-state index in [0.29, 0.717) is 22.2 Å². The Kier molecular flexibility index (Phi) is 7.83. The lowest BCUT2D eigenvalue weighted by Crippen LogP contribution is -2.66. The fraction of sp³-hybridized carbons (Fsp3) is 0.321. The molecule has 0 fully saturated rings. The number of aromatic hydroxyl groups is 1. The topological polar surface area (TPSA) is 110 Å². The van der Waals surface area contributed by atoms with Crippen molar-refractivity contribution in [3.8, 4) is 16.9 Å². The third-order valence-corrected chi connectivity index (χ3v) is 7.25. The number of fused-ring (bicyclic) bond motifs is 1. The lowest BCUT2D eigenvalue weighted by Gasteiger charge is -2.48. The molecule has 0 spiro atoms. The van der Waals surface area contributed by atoms with Crippen molar-refractivity contribution in [2.75, 3.05) is 18.5 Å². The Morgan fingerprint density at radius 2 is 1.86 bits per heavy atom. The van der Waals surface area contributed by atoms with Gasteiger partial charge in [-0.25, -0.2) is 9.78 Å². The number of anilines is 1. The van der Waals surface area contributed by atoms with Crippen molar-refractivity contribution in [2.45, 2.75) is 45.2 Å². The average molecular weight is 522 g/mol. The smallest absolute Gasteiger partial charge is 0.337 e. The Hall–Kier alpha value is -3.85. The summed E-state index contributed by atoms with van der Waals surface area (Å²) in [5.41, 5.74) is 2.77. The van der Waals surface area contributed by atoms with Gasteiger partial charge in [-0.15, -0.1) is 11.3 Å². The van der Waals surface area contributed by atoms with Crippen molar-refractivity contribution in [3.05, 3.63) is 76.9 Å². The number of esters is 2. The number of carbonyl (C=O) groups is 2. The summed E-state index contributed by atoms with van der Waals surface area (Å²) >= 11 is 1.40. The van der Waals surface area contributed by atoms with Gasteiger partial charge in [0.15, 0.2) is 5.13 Å². The predicted molar refractivity (Wildman–Crippen MR) is 143 cm³/mol. The standard InChI is InChI=1S/C22H27N3O4S.C6H4O/c1-5-28-19(26)17-14(3)24-15(4)22(20(27)29-6-2,16-10-8-7-9-11-16)18(17)25-21-23-12-13-30-21;7-6-2-1-4-3-5(4)6/h7-13,15,18,24H,5-6H2,1-4H3,(H,23,25);1-3,7H. The zero-order valence-corrected chi connectivity index (χ0v) is 22.1. The molecule has 9 heteroatoms. The number of ether oxygens (including phenoxy) is 2. The molecule has 1 aromatic heterocycles. The summed E-state index contributed by atoms with van der Waals surface area (Å²) in [5.74, 6) is -0.470. The molecule has 1 aromatic carbocycles. The molecule has 3 atom stereocenters. The molecule has 3 aliphatic rings. The molecule has 0 bridgehead atoms. The van der Waals surface area contributed by atoms with E-state index < -0.39 is 23.4 Å². The van der Waals surface area contributed by atoms with Gasteiger partial charge in [0.1, 0.15) is 11.2 Å². The summed E-state index contributed by atoms with van der Waals surface area (Å²) in [7, 11) is 0. The minimum Gasteiger partial charge on any atom is -0.507 e. The maximum absolute atomic E-state index is 13.6. The molecule has 0 radical (unpaired) electrons. The minimum atomic E-state index is -1.22. The number of thiazole rings is 1. The van der Waals surface area contributed by atoms with Crippen molar-refractivity contribution >= 4 is 28.4 Å². The Morgan fingerprint density at radius 1 is 1.14 bits per heavy atom. The summed E-state index contributed by atoms with van der Waals surface area (Å²) < 4.78 is 10.9.